The summed E-state index contributed by atoms with van der Waals surface area (Å²) in [6.45, 7) is 9.52. The highest BCUT2D eigenvalue weighted by Gasteiger charge is 2.49. The SMILES string of the molecule is CC1(C)C2=C(c3ccccc31)C(C)(C)c1cc(N(c3ccc4c(c3)oc3ccccc34)c3ccc4c(c3)c3ccccc3n4-c3ccc(F)cc3)ccc12. The van der Waals surface area contributed by atoms with Crippen LogP contribution in [-0.2, 0) is 10.8 Å². The van der Waals surface area contributed by atoms with Crippen molar-refractivity contribution in [2.24, 2.45) is 0 Å². The Morgan fingerprint density at radius 2 is 1.07 bits per heavy atom. The molecule has 2 aromatic heterocycles. The van der Waals surface area contributed by atoms with Crippen molar-refractivity contribution in [3.05, 3.63) is 180 Å². The molecule has 260 valence electrons. The van der Waals surface area contributed by atoms with Crippen LogP contribution < -0.4 is 4.90 Å². The van der Waals surface area contributed by atoms with Crippen molar-refractivity contribution in [1.29, 1.82) is 0 Å². The first kappa shape index (κ1) is 31.2. The number of fused-ring (bicyclic) bond motifs is 10. The summed E-state index contributed by atoms with van der Waals surface area (Å²) in [5.41, 5.74) is 16.0. The van der Waals surface area contributed by atoms with Gasteiger partial charge in [0, 0.05) is 61.2 Å². The second-order valence-electron chi connectivity index (χ2n) is 15.9. The average Bonchev–Trinajstić information content (AvgIpc) is 3.86. The number of rotatable bonds is 4. The van der Waals surface area contributed by atoms with Gasteiger partial charge in [-0.1, -0.05) is 94.4 Å². The minimum atomic E-state index is -0.246. The Hall–Kier alpha value is -6.39. The van der Waals surface area contributed by atoms with E-state index in [-0.39, 0.29) is 16.6 Å². The number of furan rings is 1. The molecule has 0 bridgehead atoms. The molecule has 0 atom stereocenters. The molecule has 0 N–H and O–H groups in total. The molecule has 0 fully saturated rings. The predicted molar refractivity (Wildman–Crippen MR) is 222 cm³/mol. The first-order chi connectivity index (χ1) is 26.2. The molecule has 2 aliphatic carbocycles. The second-order valence-corrected chi connectivity index (χ2v) is 15.9. The summed E-state index contributed by atoms with van der Waals surface area (Å²) in [5.74, 6) is -0.246. The molecule has 0 saturated carbocycles. The Labute approximate surface area is 313 Å². The molecule has 11 rings (SSSR count). The van der Waals surface area contributed by atoms with Crippen LogP contribution in [0.3, 0.4) is 0 Å². The fraction of sp³-hybridized carbons (Fsp3) is 0.120. The monoisotopic (exact) mass is 700 g/mol. The number of benzene rings is 7. The van der Waals surface area contributed by atoms with E-state index in [0.717, 1.165) is 66.5 Å². The molecule has 0 spiro atoms. The number of aromatic nitrogens is 1. The van der Waals surface area contributed by atoms with Gasteiger partial charge in [-0.15, -0.1) is 0 Å². The van der Waals surface area contributed by atoms with Gasteiger partial charge in [0.1, 0.15) is 17.0 Å². The van der Waals surface area contributed by atoms with Gasteiger partial charge >= 0.3 is 0 Å². The lowest BCUT2D eigenvalue weighted by atomic mass is 9.76. The summed E-state index contributed by atoms with van der Waals surface area (Å²) in [4.78, 5) is 2.37. The molecule has 0 amide bonds. The van der Waals surface area contributed by atoms with Gasteiger partial charge < -0.3 is 13.9 Å². The number of anilines is 3. The van der Waals surface area contributed by atoms with Gasteiger partial charge in [-0.2, -0.15) is 0 Å². The Morgan fingerprint density at radius 1 is 0.481 bits per heavy atom. The van der Waals surface area contributed by atoms with Gasteiger partial charge in [-0.05, 0) is 112 Å². The molecule has 2 heterocycles. The van der Waals surface area contributed by atoms with Gasteiger partial charge in [-0.25, -0.2) is 4.39 Å². The van der Waals surface area contributed by atoms with Crippen molar-refractivity contribution in [3.63, 3.8) is 0 Å². The fourth-order valence-corrected chi connectivity index (χ4v) is 9.76. The van der Waals surface area contributed by atoms with Crippen LogP contribution in [0.2, 0.25) is 0 Å². The van der Waals surface area contributed by atoms with Crippen LogP contribution in [0.15, 0.2) is 156 Å². The predicted octanol–water partition coefficient (Wildman–Crippen LogP) is 13.8. The normalized spacial score (nSPS) is 15.4. The highest BCUT2D eigenvalue weighted by atomic mass is 19.1. The smallest absolute Gasteiger partial charge is 0.137 e. The Bertz CT molecular complexity index is 3060. The Balaban J connectivity index is 1.13. The molecule has 2 aliphatic rings. The van der Waals surface area contributed by atoms with E-state index >= 15 is 0 Å². The van der Waals surface area contributed by atoms with Crippen LogP contribution >= 0.6 is 0 Å². The van der Waals surface area contributed by atoms with Crippen LogP contribution in [0, 0.1) is 5.82 Å². The maximum atomic E-state index is 14.1. The summed E-state index contributed by atoms with van der Waals surface area (Å²) in [7, 11) is 0. The lowest BCUT2D eigenvalue weighted by Crippen LogP contribution is -2.20. The third-order valence-corrected chi connectivity index (χ3v) is 12.2. The number of allylic oxidation sites excluding steroid dienone is 2. The zero-order valence-electron chi connectivity index (χ0n) is 30.6. The van der Waals surface area contributed by atoms with Gasteiger partial charge in [0.15, 0.2) is 0 Å². The van der Waals surface area contributed by atoms with Crippen molar-refractivity contribution >= 4 is 72.0 Å². The molecule has 54 heavy (non-hydrogen) atoms. The number of hydrogen-bond acceptors (Lipinski definition) is 2. The molecule has 4 heteroatoms. The standard InChI is InChI=1S/C50H37FN2O/c1-49(2)41-14-8-5-13-38(41)47-48(49)39-25-22-33(28-42(39)50(47,3)4)52(34-21-24-37-36-12-7-10-16-45(36)54-46(37)29-34)32-23-26-44-40(27-32)35-11-6-9-15-43(35)53(44)31-19-17-30(51)18-20-31/h5-29H,1-4H3. The highest BCUT2D eigenvalue weighted by molar-refractivity contribution is 6.12. The number of para-hydroxylation sites is 2. The quantitative estimate of drug-likeness (QED) is 0.182. The molecule has 0 saturated heterocycles. The zero-order valence-corrected chi connectivity index (χ0v) is 30.6. The third kappa shape index (κ3) is 4.17. The zero-order chi connectivity index (χ0) is 36.5. The van der Waals surface area contributed by atoms with Crippen LogP contribution in [0.5, 0.6) is 0 Å². The number of hydrogen-bond donors (Lipinski definition) is 0. The highest BCUT2D eigenvalue weighted by Crippen LogP contribution is 2.63. The van der Waals surface area contributed by atoms with Crippen molar-refractivity contribution < 1.29 is 8.81 Å². The van der Waals surface area contributed by atoms with Gasteiger partial charge in [0.05, 0.1) is 11.0 Å². The number of nitrogens with zero attached hydrogens (tertiary/aromatic N) is 2. The second kappa shape index (κ2) is 10.8. The molecule has 3 nitrogen and oxygen atoms in total. The van der Waals surface area contributed by atoms with Gasteiger partial charge in [-0.3, -0.25) is 0 Å². The summed E-state index contributed by atoms with van der Waals surface area (Å²) >= 11 is 0. The van der Waals surface area contributed by atoms with Crippen LogP contribution in [0.25, 0.3) is 60.6 Å². The molecule has 9 aromatic rings. The largest absolute Gasteiger partial charge is 0.456 e. The molecular weight excluding hydrogens is 664 g/mol. The van der Waals surface area contributed by atoms with E-state index in [0.29, 0.717) is 0 Å². The lowest BCUT2D eigenvalue weighted by Gasteiger charge is -2.31. The lowest BCUT2D eigenvalue weighted by molar-refractivity contribution is 0.627. The fourth-order valence-electron chi connectivity index (χ4n) is 9.76. The van der Waals surface area contributed by atoms with Gasteiger partial charge in [0.2, 0.25) is 0 Å². The first-order valence-corrected chi connectivity index (χ1v) is 18.7. The summed E-state index contributed by atoms with van der Waals surface area (Å²) in [5, 5.41) is 4.48. The van der Waals surface area contributed by atoms with Crippen LogP contribution in [0.1, 0.15) is 49.9 Å². The Kier molecular flexibility index (Phi) is 6.25. The van der Waals surface area contributed by atoms with E-state index in [9.17, 15) is 4.39 Å². The van der Waals surface area contributed by atoms with E-state index in [4.69, 9.17) is 4.42 Å². The molecule has 0 unspecified atom stereocenters. The van der Waals surface area contributed by atoms with Gasteiger partial charge in [0.25, 0.3) is 0 Å². The van der Waals surface area contributed by atoms with E-state index in [1.54, 1.807) is 0 Å². The van der Waals surface area contributed by atoms with E-state index in [1.807, 2.05) is 24.3 Å². The first-order valence-electron chi connectivity index (χ1n) is 18.7. The summed E-state index contributed by atoms with van der Waals surface area (Å²) < 4.78 is 22.7. The van der Waals surface area contributed by atoms with Crippen molar-refractivity contribution in [1.82, 2.24) is 4.57 Å². The van der Waals surface area contributed by atoms with E-state index in [2.05, 4.69) is 152 Å². The summed E-state index contributed by atoms with van der Waals surface area (Å²) in [6.07, 6.45) is 0. The van der Waals surface area contributed by atoms with Crippen LogP contribution in [-0.4, -0.2) is 4.57 Å². The minimum absolute atomic E-state index is 0.0915. The van der Waals surface area contributed by atoms with Crippen molar-refractivity contribution in [3.8, 4) is 5.69 Å². The average molecular weight is 701 g/mol. The molecule has 0 radical (unpaired) electrons. The van der Waals surface area contributed by atoms with Crippen molar-refractivity contribution in [2.75, 3.05) is 4.90 Å². The molecule has 7 aromatic carbocycles. The topological polar surface area (TPSA) is 21.3 Å². The molecular formula is C50H37FN2O. The molecule has 0 aliphatic heterocycles. The third-order valence-electron chi connectivity index (χ3n) is 12.2. The Morgan fingerprint density at radius 3 is 1.91 bits per heavy atom. The van der Waals surface area contributed by atoms with Crippen LogP contribution in [0.4, 0.5) is 21.5 Å². The summed E-state index contributed by atoms with van der Waals surface area (Å²) in [6, 6.07) is 52.8. The van der Waals surface area contributed by atoms with E-state index in [1.165, 1.54) is 45.5 Å². The maximum absolute atomic E-state index is 14.1. The van der Waals surface area contributed by atoms with E-state index < -0.39 is 0 Å². The maximum Gasteiger partial charge on any atom is 0.137 e. The minimum Gasteiger partial charge on any atom is -0.456 e. The number of halogens is 1. The van der Waals surface area contributed by atoms with Crippen molar-refractivity contribution in [2.45, 2.75) is 38.5 Å².